The first-order valence-corrected chi connectivity index (χ1v) is 7.23. The molecule has 0 spiro atoms. The van der Waals surface area contributed by atoms with E-state index in [9.17, 15) is 14.4 Å². The number of nitrogens with zero attached hydrogens (tertiary/aromatic N) is 1. The number of aromatic carboxylic acids is 1. The van der Waals surface area contributed by atoms with Crippen LogP contribution in [0.25, 0.3) is 0 Å². The first-order valence-electron chi connectivity index (χ1n) is 7.23. The summed E-state index contributed by atoms with van der Waals surface area (Å²) in [6, 6.07) is 8.85. The van der Waals surface area contributed by atoms with Gasteiger partial charge in [0.2, 0.25) is 0 Å². The van der Waals surface area contributed by atoms with Crippen molar-refractivity contribution in [3.8, 4) is 0 Å². The number of carboxylic acids is 1. The summed E-state index contributed by atoms with van der Waals surface area (Å²) in [7, 11) is 0. The minimum atomic E-state index is -1.09. The van der Waals surface area contributed by atoms with E-state index < -0.39 is 23.6 Å². The van der Waals surface area contributed by atoms with Crippen molar-refractivity contribution in [1.82, 2.24) is 4.57 Å². The smallest absolute Gasteiger partial charge is 0.419 e. The second-order valence-corrected chi connectivity index (χ2v) is 6.08. The van der Waals surface area contributed by atoms with Crippen LogP contribution in [0.2, 0.25) is 0 Å². The number of ether oxygens (including phenoxy) is 1. The summed E-state index contributed by atoms with van der Waals surface area (Å²) in [4.78, 5) is 35.5. The van der Waals surface area contributed by atoms with E-state index >= 15 is 0 Å². The minimum Gasteiger partial charge on any atom is -0.478 e. The number of hydrogen-bond acceptors (Lipinski definition) is 4. The second-order valence-electron chi connectivity index (χ2n) is 6.08. The third-order valence-corrected chi connectivity index (χ3v) is 2.94. The first kappa shape index (κ1) is 17.3. The molecule has 2 rings (SSSR count). The largest absolute Gasteiger partial charge is 0.478 e. The number of amides is 1. The van der Waals surface area contributed by atoms with Gasteiger partial charge in [-0.2, -0.15) is 0 Å². The van der Waals surface area contributed by atoms with Gasteiger partial charge in [0.15, 0.2) is 0 Å². The summed E-state index contributed by atoms with van der Waals surface area (Å²) in [5.74, 6) is -1.64. The van der Waals surface area contributed by atoms with Gasteiger partial charge in [-0.3, -0.25) is 4.79 Å². The highest BCUT2D eigenvalue weighted by molar-refractivity contribution is 6.05. The van der Waals surface area contributed by atoms with Gasteiger partial charge in [-0.1, -0.05) is 6.07 Å². The molecule has 0 bridgehead atoms. The fourth-order valence-electron chi connectivity index (χ4n) is 1.96. The molecule has 0 atom stereocenters. The first-order chi connectivity index (χ1) is 11.2. The highest BCUT2D eigenvalue weighted by atomic mass is 16.6. The molecule has 24 heavy (non-hydrogen) atoms. The Hall–Kier alpha value is -3.09. The number of carbonyl (C=O) groups is 3. The highest BCUT2D eigenvalue weighted by Gasteiger charge is 2.22. The van der Waals surface area contributed by atoms with Crippen LogP contribution in [-0.2, 0) is 4.74 Å². The average molecular weight is 330 g/mol. The molecule has 2 N–H and O–H groups in total. The Morgan fingerprint density at radius 3 is 2.46 bits per heavy atom. The van der Waals surface area contributed by atoms with Crippen LogP contribution in [-0.4, -0.2) is 33.2 Å². The topological polar surface area (TPSA) is 97.6 Å². The molecule has 0 saturated carbocycles. The molecule has 1 aromatic heterocycles. The van der Waals surface area contributed by atoms with Crippen LogP contribution in [0.4, 0.5) is 10.5 Å². The summed E-state index contributed by atoms with van der Waals surface area (Å²) >= 11 is 0. The van der Waals surface area contributed by atoms with Crippen LogP contribution < -0.4 is 5.32 Å². The highest BCUT2D eigenvalue weighted by Crippen LogP contribution is 2.15. The number of benzene rings is 1. The number of nitrogens with one attached hydrogen (secondary N) is 1. The van der Waals surface area contributed by atoms with E-state index in [1.807, 2.05) is 0 Å². The van der Waals surface area contributed by atoms with E-state index in [0.717, 1.165) is 4.57 Å². The number of hydrogen-bond donors (Lipinski definition) is 2. The fraction of sp³-hybridized carbons (Fsp3) is 0.235. The van der Waals surface area contributed by atoms with Crippen LogP contribution in [0, 0.1) is 0 Å². The van der Waals surface area contributed by atoms with Gasteiger partial charge >= 0.3 is 12.1 Å². The average Bonchev–Trinajstić information content (AvgIpc) is 2.95. The van der Waals surface area contributed by atoms with Gasteiger partial charge in [0.1, 0.15) is 11.3 Å². The quantitative estimate of drug-likeness (QED) is 0.900. The number of aromatic nitrogens is 1. The number of carbonyl (C=O) groups excluding carboxylic acids is 2. The molecule has 0 radical (unpaired) electrons. The molecule has 1 amide bonds. The van der Waals surface area contributed by atoms with Gasteiger partial charge in [0.25, 0.3) is 5.91 Å². The van der Waals surface area contributed by atoms with Crippen molar-refractivity contribution in [2.24, 2.45) is 0 Å². The lowest BCUT2D eigenvalue weighted by Gasteiger charge is -2.20. The number of anilines is 1. The molecule has 0 unspecified atom stereocenters. The normalized spacial score (nSPS) is 11.0. The van der Waals surface area contributed by atoms with Crippen molar-refractivity contribution in [3.05, 3.63) is 53.9 Å². The summed E-state index contributed by atoms with van der Waals surface area (Å²) in [5.41, 5.74) is -0.234. The number of rotatable bonds is 3. The van der Waals surface area contributed by atoms with Crippen LogP contribution in [0.3, 0.4) is 0 Å². The zero-order chi connectivity index (χ0) is 17.9. The maximum atomic E-state index is 12.4. The van der Waals surface area contributed by atoms with Crippen LogP contribution in [0.15, 0.2) is 42.6 Å². The Balaban J connectivity index is 2.20. The minimum absolute atomic E-state index is 0.0512. The van der Waals surface area contributed by atoms with E-state index in [0.29, 0.717) is 5.69 Å². The van der Waals surface area contributed by atoms with E-state index in [-0.39, 0.29) is 11.3 Å². The summed E-state index contributed by atoms with van der Waals surface area (Å²) in [5, 5.41) is 11.5. The Morgan fingerprint density at radius 1 is 1.12 bits per heavy atom. The molecule has 0 aliphatic rings. The van der Waals surface area contributed by atoms with E-state index in [2.05, 4.69) is 5.32 Å². The molecule has 0 aliphatic carbocycles. The lowest BCUT2D eigenvalue weighted by atomic mass is 10.2. The standard InChI is InChI=1S/C17H18N2O5/c1-17(2,3)24-16(23)19-9-5-8-13(19)14(20)18-12-7-4-6-11(10-12)15(21)22/h4-10H,1-3H3,(H,18,20)(H,21,22). The van der Waals surface area contributed by atoms with Crippen LogP contribution in [0.1, 0.15) is 41.6 Å². The molecule has 1 heterocycles. The summed E-state index contributed by atoms with van der Waals surface area (Å²) in [6.07, 6.45) is 0.758. The molecule has 1 aromatic carbocycles. The van der Waals surface area contributed by atoms with Crippen molar-refractivity contribution >= 4 is 23.7 Å². The molecule has 126 valence electrons. The summed E-state index contributed by atoms with van der Waals surface area (Å²) < 4.78 is 6.34. The van der Waals surface area contributed by atoms with Crippen molar-refractivity contribution in [3.63, 3.8) is 0 Å². The summed E-state index contributed by atoms with van der Waals surface area (Å²) in [6.45, 7) is 5.18. The van der Waals surface area contributed by atoms with Gasteiger partial charge in [0.05, 0.1) is 5.56 Å². The van der Waals surface area contributed by atoms with Gasteiger partial charge in [0, 0.05) is 11.9 Å². The molecule has 7 heteroatoms. The molecule has 0 fully saturated rings. The predicted octanol–water partition coefficient (Wildman–Crippen LogP) is 3.22. The van der Waals surface area contributed by atoms with Gasteiger partial charge in [-0.15, -0.1) is 0 Å². The van der Waals surface area contributed by atoms with Crippen molar-refractivity contribution < 1.29 is 24.2 Å². The molecular formula is C17H18N2O5. The third-order valence-electron chi connectivity index (χ3n) is 2.94. The maximum absolute atomic E-state index is 12.4. The Kier molecular flexibility index (Phi) is 4.73. The Morgan fingerprint density at radius 2 is 1.83 bits per heavy atom. The van der Waals surface area contributed by atoms with Gasteiger partial charge in [-0.25, -0.2) is 14.2 Å². The number of carboxylic acid groups (broad SMARTS) is 1. The fourth-order valence-corrected chi connectivity index (χ4v) is 1.96. The monoisotopic (exact) mass is 330 g/mol. The van der Waals surface area contributed by atoms with Crippen molar-refractivity contribution in [2.75, 3.05) is 5.32 Å². The van der Waals surface area contributed by atoms with E-state index in [1.54, 1.807) is 32.9 Å². The lowest BCUT2D eigenvalue weighted by Crippen LogP contribution is -2.29. The predicted molar refractivity (Wildman–Crippen MR) is 87.4 cm³/mol. The van der Waals surface area contributed by atoms with Gasteiger partial charge < -0.3 is 15.2 Å². The Bertz CT molecular complexity index is 786. The second kappa shape index (κ2) is 6.57. The molecule has 0 aliphatic heterocycles. The SMILES string of the molecule is CC(C)(C)OC(=O)n1cccc1C(=O)Nc1cccc(C(=O)O)c1. The molecule has 2 aromatic rings. The zero-order valence-electron chi connectivity index (χ0n) is 13.6. The zero-order valence-corrected chi connectivity index (χ0v) is 13.6. The van der Waals surface area contributed by atoms with E-state index in [1.165, 1.54) is 30.5 Å². The van der Waals surface area contributed by atoms with Crippen molar-refractivity contribution in [1.29, 1.82) is 0 Å². The third kappa shape index (κ3) is 4.22. The van der Waals surface area contributed by atoms with Crippen LogP contribution in [0.5, 0.6) is 0 Å². The van der Waals surface area contributed by atoms with E-state index in [4.69, 9.17) is 9.84 Å². The maximum Gasteiger partial charge on any atom is 0.419 e. The molecular weight excluding hydrogens is 312 g/mol. The van der Waals surface area contributed by atoms with Gasteiger partial charge in [-0.05, 0) is 51.1 Å². The molecule has 7 nitrogen and oxygen atoms in total. The lowest BCUT2D eigenvalue weighted by molar-refractivity contribution is 0.0528. The molecule has 0 saturated heterocycles. The Labute approximate surface area is 138 Å². The van der Waals surface area contributed by atoms with Crippen molar-refractivity contribution in [2.45, 2.75) is 26.4 Å². The van der Waals surface area contributed by atoms with Crippen LogP contribution >= 0.6 is 0 Å².